The van der Waals surface area contributed by atoms with Crippen LogP contribution in [-0.2, 0) is 8.85 Å². The minimum absolute atomic E-state index is 0.130. The molecule has 1 rings (SSSR count). The van der Waals surface area contributed by atoms with Gasteiger partial charge in [0, 0.05) is 6.21 Å². The molecule has 0 saturated heterocycles. The Kier molecular flexibility index (Phi) is 8.68. The summed E-state index contributed by atoms with van der Waals surface area (Å²) >= 11 is 3.21. The Balaban J connectivity index is 2.85. The predicted molar refractivity (Wildman–Crippen MR) is 124 cm³/mol. The molecular weight excluding hydrogens is 457 g/mol. The second-order valence-corrected chi connectivity index (χ2v) is 19.2. The van der Waals surface area contributed by atoms with Gasteiger partial charge >= 0.3 is 0 Å². The summed E-state index contributed by atoms with van der Waals surface area (Å²) in [6, 6.07) is 3.33. The molecule has 0 spiro atoms. The van der Waals surface area contributed by atoms with Gasteiger partial charge in [0.25, 0.3) is 0 Å². The van der Waals surface area contributed by atoms with Crippen molar-refractivity contribution in [3.63, 3.8) is 0 Å². The molecule has 1 aromatic rings. The first kappa shape index (κ1) is 25.1. The van der Waals surface area contributed by atoms with Gasteiger partial charge in [0.2, 0.25) is 8.32 Å². The molecule has 0 heterocycles. The molecular formula is C20H33BrFNO3Si2. The highest BCUT2D eigenvalue weighted by atomic mass is 79.9. The zero-order valence-electron chi connectivity index (χ0n) is 18.3. The van der Waals surface area contributed by atoms with Crippen LogP contribution in [0.15, 0.2) is 34.1 Å². The maximum atomic E-state index is 14.6. The molecule has 0 amide bonds. The molecule has 0 aliphatic heterocycles. The number of hydrogen-bond acceptors (Lipinski definition) is 4. The number of rotatable bonds is 9. The van der Waals surface area contributed by atoms with Crippen molar-refractivity contribution in [2.75, 3.05) is 13.2 Å². The zero-order valence-corrected chi connectivity index (χ0v) is 21.9. The van der Waals surface area contributed by atoms with Gasteiger partial charge in [0.1, 0.15) is 18.2 Å². The topological polar surface area (TPSA) is 40.0 Å². The first-order chi connectivity index (χ1) is 12.6. The SMILES string of the molecule is C=C(N=Cc1c(OCCO[Si](C)(C)C(C)(C)C)ccc(Br)c1F)O[Si](C)(C)C. The van der Waals surface area contributed by atoms with Crippen LogP contribution in [0.25, 0.3) is 0 Å². The minimum Gasteiger partial charge on any atom is -0.532 e. The molecule has 0 N–H and O–H groups in total. The van der Waals surface area contributed by atoms with E-state index in [-0.39, 0.29) is 16.5 Å². The molecule has 0 bridgehead atoms. The van der Waals surface area contributed by atoms with Gasteiger partial charge in [-0.2, -0.15) is 0 Å². The van der Waals surface area contributed by atoms with E-state index in [4.69, 9.17) is 13.6 Å². The van der Waals surface area contributed by atoms with Gasteiger partial charge in [-0.15, -0.1) is 0 Å². The van der Waals surface area contributed by atoms with Crippen molar-refractivity contribution in [2.24, 2.45) is 4.99 Å². The lowest BCUT2D eigenvalue weighted by Crippen LogP contribution is -2.41. The van der Waals surface area contributed by atoms with E-state index in [2.05, 4.69) is 61.4 Å². The lowest BCUT2D eigenvalue weighted by molar-refractivity contribution is 0.203. The molecule has 158 valence electrons. The van der Waals surface area contributed by atoms with E-state index in [9.17, 15) is 4.39 Å². The van der Waals surface area contributed by atoms with Crippen molar-refractivity contribution in [1.29, 1.82) is 0 Å². The quantitative estimate of drug-likeness (QED) is 0.167. The lowest BCUT2D eigenvalue weighted by Gasteiger charge is -2.36. The van der Waals surface area contributed by atoms with Crippen LogP contribution in [0.5, 0.6) is 5.75 Å². The fourth-order valence-corrected chi connectivity index (χ4v) is 4.11. The summed E-state index contributed by atoms with van der Waals surface area (Å²) in [5.74, 6) is 0.238. The predicted octanol–water partition coefficient (Wildman–Crippen LogP) is 6.73. The van der Waals surface area contributed by atoms with Gasteiger partial charge in [-0.05, 0) is 72.4 Å². The first-order valence-electron chi connectivity index (χ1n) is 9.31. The van der Waals surface area contributed by atoms with Crippen LogP contribution in [0.4, 0.5) is 4.39 Å². The number of nitrogens with zero attached hydrogens (tertiary/aromatic N) is 1. The van der Waals surface area contributed by atoms with E-state index in [0.717, 1.165) is 0 Å². The van der Waals surface area contributed by atoms with Gasteiger partial charge in [0.05, 0.1) is 16.6 Å². The van der Waals surface area contributed by atoms with Crippen molar-refractivity contribution in [2.45, 2.75) is 58.5 Å². The van der Waals surface area contributed by atoms with Crippen LogP contribution in [0.3, 0.4) is 0 Å². The molecule has 0 saturated carbocycles. The Labute approximate surface area is 179 Å². The second kappa shape index (κ2) is 9.69. The number of ether oxygens (including phenoxy) is 1. The average molecular weight is 491 g/mol. The number of benzene rings is 1. The van der Waals surface area contributed by atoms with Crippen LogP contribution in [0.1, 0.15) is 26.3 Å². The van der Waals surface area contributed by atoms with Gasteiger partial charge in [-0.25, -0.2) is 9.38 Å². The van der Waals surface area contributed by atoms with E-state index in [1.165, 1.54) is 6.21 Å². The monoisotopic (exact) mass is 489 g/mol. The highest BCUT2D eigenvalue weighted by Crippen LogP contribution is 2.36. The molecule has 0 aromatic heterocycles. The van der Waals surface area contributed by atoms with E-state index in [1.54, 1.807) is 12.1 Å². The largest absolute Gasteiger partial charge is 0.532 e. The third-order valence-electron chi connectivity index (χ3n) is 4.46. The Morgan fingerprint density at radius 1 is 1.18 bits per heavy atom. The van der Waals surface area contributed by atoms with E-state index in [0.29, 0.717) is 23.4 Å². The maximum Gasteiger partial charge on any atom is 0.244 e. The van der Waals surface area contributed by atoms with E-state index in [1.807, 2.05) is 19.6 Å². The molecule has 0 aliphatic rings. The maximum absolute atomic E-state index is 14.6. The highest BCUT2D eigenvalue weighted by Gasteiger charge is 2.36. The second-order valence-electron chi connectivity index (χ2n) is 9.10. The average Bonchev–Trinajstić information content (AvgIpc) is 2.51. The standard InChI is InChI=1S/C20H33BrFNO3Si2/c1-15(26-27(5,6)7)23-14-16-18(11-10-17(21)19(16)22)24-12-13-25-28(8,9)20(2,3)4/h10-11,14H,1,12-13H2,2-9H3. The number of halogens is 2. The molecule has 28 heavy (non-hydrogen) atoms. The fourth-order valence-electron chi connectivity index (χ4n) is 1.98. The van der Waals surface area contributed by atoms with Crippen molar-refractivity contribution >= 4 is 38.8 Å². The van der Waals surface area contributed by atoms with Crippen LogP contribution >= 0.6 is 15.9 Å². The normalized spacial score (nSPS) is 13.1. The van der Waals surface area contributed by atoms with Crippen LogP contribution in [-0.4, -0.2) is 36.1 Å². The molecule has 0 unspecified atom stereocenters. The summed E-state index contributed by atoms with van der Waals surface area (Å²) in [5, 5.41) is 0.130. The van der Waals surface area contributed by atoms with Gasteiger partial charge < -0.3 is 13.6 Å². The number of hydrogen-bond donors (Lipinski definition) is 0. The molecule has 0 fully saturated rings. The van der Waals surface area contributed by atoms with E-state index >= 15 is 0 Å². The Hall–Kier alpha value is -0.966. The molecule has 1 aromatic carbocycles. The van der Waals surface area contributed by atoms with Crippen LogP contribution in [0, 0.1) is 5.82 Å². The zero-order chi connectivity index (χ0) is 21.8. The third kappa shape index (κ3) is 7.81. The van der Waals surface area contributed by atoms with Crippen LogP contribution in [0.2, 0.25) is 37.8 Å². The summed E-state index contributed by atoms with van der Waals surface area (Å²) < 4.78 is 32.5. The Bertz CT molecular complexity index is 725. The van der Waals surface area contributed by atoms with Crippen molar-refractivity contribution < 1.29 is 18.0 Å². The molecule has 0 radical (unpaired) electrons. The van der Waals surface area contributed by atoms with Crippen molar-refractivity contribution in [1.82, 2.24) is 0 Å². The van der Waals surface area contributed by atoms with E-state index < -0.39 is 22.5 Å². The van der Waals surface area contributed by atoms with Crippen molar-refractivity contribution in [3.05, 3.63) is 40.4 Å². The third-order valence-corrected chi connectivity index (χ3v) is 10.5. The summed E-state index contributed by atoms with van der Waals surface area (Å²) in [7, 11) is -3.66. The number of aliphatic imine (C=N–C) groups is 1. The molecule has 8 heteroatoms. The van der Waals surface area contributed by atoms with Crippen LogP contribution < -0.4 is 4.74 Å². The fraction of sp³-hybridized carbons (Fsp3) is 0.550. The van der Waals surface area contributed by atoms with Gasteiger partial charge in [-0.1, -0.05) is 20.8 Å². The minimum atomic E-state index is -1.84. The highest BCUT2D eigenvalue weighted by molar-refractivity contribution is 9.10. The van der Waals surface area contributed by atoms with Crippen molar-refractivity contribution in [3.8, 4) is 5.75 Å². The summed E-state index contributed by atoms with van der Waals surface area (Å²) in [5.41, 5.74) is 0.252. The Morgan fingerprint density at radius 2 is 1.79 bits per heavy atom. The summed E-state index contributed by atoms with van der Waals surface area (Å²) in [6.07, 6.45) is 1.40. The summed E-state index contributed by atoms with van der Waals surface area (Å²) in [6.45, 7) is 21.6. The van der Waals surface area contributed by atoms with Gasteiger partial charge in [0.15, 0.2) is 14.2 Å². The van der Waals surface area contributed by atoms with Gasteiger partial charge in [-0.3, -0.25) is 0 Å². The smallest absolute Gasteiger partial charge is 0.244 e. The molecule has 4 nitrogen and oxygen atoms in total. The molecule has 0 aliphatic carbocycles. The molecule has 0 atom stereocenters. The first-order valence-corrected chi connectivity index (χ1v) is 16.4. The summed E-state index contributed by atoms with van der Waals surface area (Å²) in [4.78, 5) is 4.17. The lowest BCUT2D eigenvalue weighted by atomic mass is 10.2. The Morgan fingerprint density at radius 3 is 2.32 bits per heavy atom.